The Balaban J connectivity index is 1.31. The number of fused-ring (bicyclic) bond motifs is 5. The Morgan fingerprint density at radius 1 is 0.791 bits per heavy atom. The lowest BCUT2D eigenvalue weighted by Crippen LogP contribution is -2.71. The van der Waals surface area contributed by atoms with Gasteiger partial charge in [0, 0.05) is 6.42 Å². The first-order valence-corrected chi connectivity index (χ1v) is 18.3. The molecule has 0 aromatic heterocycles. The molecule has 7 rings (SSSR count). The zero-order valence-corrected chi connectivity index (χ0v) is 26.8. The van der Waals surface area contributed by atoms with Crippen molar-refractivity contribution in [1.82, 2.24) is 0 Å². The molecule has 3 aromatic carbocycles. The number of carbonyl (C=O) groups excluding carboxylic acids is 2. The second-order valence-electron chi connectivity index (χ2n) is 14.2. The number of hydrogen-bond donors (Lipinski definition) is 0. The lowest BCUT2D eigenvalue weighted by Gasteiger charge is -2.60. The van der Waals surface area contributed by atoms with Gasteiger partial charge in [-0.3, -0.25) is 4.79 Å². The van der Waals surface area contributed by atoms with Gasteiger partial charge in [0.05, 0.1) is 11.5 Å². The Labute approximate surface area is 257 Å². The van der Waals surface area contributed by atoms with Crippen LogP contribution in [0.4, 0.5) is 0 Å². The van der Waals surface area contributed by atoms with Crippen molar-refractivity contribution in [3.8, 4) is 0 Å². The van der Waals surface area contributed by atoms with Gasteiger partial charge in [0.25, 0.3) is 8.32 Å². The van der Waals surface area contributed by atoms with Crippen LogP contribution in [-0.4, -0.2) is 26.5 Å². The Kier molecular flexibility index (Phi) is 7.21. The van der Waals surface area contributed by atoms with Crippen LogP contribution in [0.3, 0.4) is 0 Å². The Bertz CT molecular complexity index is 1440. The summed E-state index contributed by atoms with van der Waals surface area (Å²) in [6.07, 6.45) is 7.78. The fraction of sp³-hybridized carbons (Fsp3) is 0.436. The van der Waals surface area contributed by atoms with E-state index in [4.69, 9.17) is 4.43 Å². The van der Waals surface area contributed by atoms with Gasteiger partial charge in [0.15, 0.2) is 5.78 Å². The first-order chi connectivity index (χ1) is 20.8. The lowest BCUT2D eigenvalue weighted by atomic mass is 9.44. The second-order valence-corrected chi connectivity index (χ2v) is 17.5. The molecule has 0 N–H and O–H groups in total. The molecule has 2 unspecified atom stereocenters. The van der Waals surface area contributed by atoms with E-state index >= 15 is 0 Å². The van der Waals surface area contributed by atoms with Crippen LogP contribution < -0.4 is 15.6 Å². The molecule has 4 aliphatic rings. The minimum absolute atomic E-state index is 0.0385. The number of rotatable bonds is 6. The summed E-state index contributed by atoms with van der Waals surface area (Å²) >= 11 is 0. The van der Waals surface area contributed by atoms with Crippen LogP contribution in [0.1, 0.15) is 65.7 Å². The van der Waals surface area contributed by atoms with E-state index in [9.17, 15) is 9.59 Å². The van der Waals surface area contributed by atoms with Crippen LogP contribution >= 0.6 is 0 Å². The van der Waals surface area contributed by atoms with Gasteiger partial charge >= 0.3 is 0 Å². The normalized spacial score (nSPS) is 33.8. The molecule has 3 saturated carbocycles. The number of allylic oxidation sites excluding steroid dienone is 1. The van der Waals surface area contributed by atoms with Crippen LogP contribution in [0.5, 0.6) is 0 Å². The minimum atomic E-state index is -2.84. The average Bonchev–Trinajstić information content (AvgIpc) is 3.38. The van der Waals surface area contributed by atoms with Crippen molar-refractivity contribution in [1.29, 1.82) is 0 Å². The van der Waals surface area contributed by atoms with Gasteiger partial charge in [0.2, 0.25) is 0 Å². The molecule has 7 atom stereocenters. The maximum Gasteiger partial charge on any atom is 0.288 e. The lowest BCUT2D eigenvalue weighted by molar-refractivity contribution is -0.134. The predicted octanol–water partition coefficient (Wildman–Crippen LogP) is 6.39. The summed E-state index contributed by atoms with van der Waals surface area (Å²) in [5.41, 5.74) is 1.64. The standard InChI is InChI=1S/C39H44O3Si/c1-27-25-34-28(2)35(41)22-24-39(34,26-40)33-21-23-38(3)32(37(27)33)19-20-36(38)42-43(29-13-7-4-8-14-29,30-15-9-5-10-16-30)31-17-11-6-12-18-31/h4-18,26-27,32-33,36-37H,19-25H2,1-3H3/t27?,32-,33+,36?,37-,38-,39-/m0/s1. The summed E-state index contributed by atoms with van der Waals surface area (Å²) in [6, 6.07) is 32.9. The maximum absolute atomic E-state index is 13.1. The number of Topliss-reactive ketones (excluding diaryl/α,β-unsaturated/α-hetero) is 1. The molecule has 3 fully saturated rings. The van der Waals surface area contributed by atoms with E-state index in [1.54, 1.807) is 0 Å². The van der Waals surface area contributed by atoms with E-state index < -0.39 is 13.7 Å². The monoisotopic (exact) mass is 588 g/mol. The summed E-state index contributed by atoms with van der Waals surface area (Å²) in [4.78, 5) is 25.8. The Hall–Kier alpha value is -3.08. The summed E-state index contributed by atoms with van der Waals surface area (Å²) in [5, 5.41) is 3.86. The topological polar surface area (TPSA) is 43.4 Å². The molecule has 0 amide bonds. The highest BCUT2D eigenvalue weighted by Gasteiger charge is 2.63. The number of benzene rings is 3. The molecule has 43 heavy (non-hydrogen) atoms. The fourth-order valence-corrected chi connectivity index (χ4v) is 14.5. The van der Waals surface area contributed by atoms with Crippen molar-refractivity contribution in [3.63, 3.8) is 0 Å². The van der Waals surface area contributed by atoms with Gasteiger partial charge in [-0.1, -0.05) is 105 Å². The highest BCUT2D eigenvalue weighted by molar-refractivity contribution is 7.07. The molecule has 222 valence electrons. The molecule has 0 bridgehead atoms. The molecule has 0 heterocycles. The van der Waals surface area contributed by atoms with Gasteiger partial charge in [-0.25, -0.2) is 0 Å². The summed E-state index contributed by atoms with van der Waals surface area (Å²) in [5.74, 6) is 2.01. The van der Waals surface area contributed by atoms with E-state index in [0.717, 1.165) is 37.7 Å². The highest BCUT2D eigenvalue weighted by atomic mass is 28.4. The zero-order valence-electron chi connectivity index (χ0n) is 25.8. The van der Waals surface area contributed by atoms with E-state index in [2.05, 4.69) is 105 Å². The van der Waals surface area contributed by atoms with Gasteiger partial charge in [0.1, 0.15) is 6.29 Å². The fourth-order valence-electron chi connectivity index (χ4n) is 10.3. The van der Waals surface area contributed by atoms with Gasteiger partial charge in [-0.15, -0.1) is 0 Å². The van der Waals surface area contributed by atoms with Gasteiger partial charge < -0.3 is 9.22 Å². The molecule has 0 spiro atoms. The molecule has 0 aliphatic heterocycles. The number of aldehydes is 1. The van der Waals surface area contributed by atoms with Crippen LogP contribution in [0, 0.1) is 34.5 Å². The van der Waals surface area contributed by atoms with Gasteiger partial charge in [-0.2, -0.15) is 0 Å². The minimum Gasteiger partial charge on any atom is -0.401 e. The summed E-state index contributed by atoms with van der Waals surface area (Å²) in [6.45, 7) is 6.88. The SMILES string of the molecule is CC1=C2CC(C)[C@@H]3[C@@H](CC[C@]4(C)C(O[Si](c5ccccc5)(c5ccccc5)c5ccccc5)CC[C@@H]34)[C@@]2(C=O)CCC1=O. The predicted molar refractivity (Wildman–Crippen MR) is 175 cm³/mol. The zero-order chi connectivity index (χ0) is 29.8. The van der Waals surface area contributed by atoms with E-state index in [1.165, 1.54) is 27.4 Å². The number of carbonyl (C=O) groups is 2. The summed E-state index contributed by atoms with van der Waals surface area (Å²) in [7, 11) is -2.84. The summed E-state index contributed by atoms with van der Waals surface area (Å²) < 4.78 is 7.85. The van der Waals surface area contributed by atoms with Crippen molar-refractivity contribution in [2.24, 2.45) is 34.5 Å². The largest absolute Gasteiger partial charge is 0.401 e. The molecule has 0 radical (unpaired) electrons. The van der Waals surface area contributed by atoms with Gasteiger partial charge in [-0.05, 0) is 101 Å². The van der Waals surface area contributed by atoms with Crippen LogP contribution in [0.2, 0.25) is 0 Å². The van der Waals surface area contributed by atoms with Crippen LogP contribution in [0.25, 0.3) is 0 Å². The van der Waals surface area contributed by atoms with E-state index in [-0.39, 0.29) is 17.3 Å². The Morgan fingerprint density at radius 3 is 1.88 bits per heavy atom. The quantitative estimate of drug-likeness (QED) is 0.191. The second kappa shape index (κ2) is 10.8. The molecule has 0 saturated heterocycles. The average molecular weight is 589 g/mol. The number of hydrogen-bond acceptors (Lipinski definition) is 3. The third kappa shape index (κ3) is 4.23. The third-order valence-corrected chi connectivity index (χ3v) is 16.4. The van der Waals surface area contributed by atoms with E-state index in [0.29, 0.717) is 36.5 Å². The molecule has 3 nitrogen and oxygen atoms in total. The first-order valence-electron chi connectivity index (χ1n) is 16.4. The molecule has 3 aromatic rings. The van der Waals surface area contributed by atoms with Crippen molar-refractivity contribution in [2.75, 3.05) is 0 Å². The van der Waals surface area contributed by atoms with Crippen LogP contribution in [0.15, 0.2) is 102 Å². The first kappa shape index (κ1) is 28.7. The third-order valence-electron chi connectivity index (χ3n) is 12.4. The molecule has 4 heteroatoms. The Morgan fingerprint density at radius 2 is 1.35 bits per heavy atom. The molecule has 4 aliphatic carbocycles. The van der Waals surface area contributed by atoms with Crippen molar-refractivity contribution in [2.45, 2.75) is 71.8 Å². The van der Waals surface area contributed by atoms with Crippen molar-refractivity contribution < 1.29 is 14.0 Å². The maximum atomic E-state index is 13.1. The number of ketones is 1. The van der Waals surface area contributed by atoms with Crippen molar-refractivity contribution in [3.05, 3.63) is 102 Å². The highest BCUT2D eigenvalue weighted by Crippen LogP contribution is 2.67. The molecular weight excluding hydrogens is 545 g/mol. The van der Waals surface area contributed by atoms with Crippen LogP contribution in [-0.2, 0) is 14.0 Å². The molecular formula is C39H44O3Si. The van der Waals surface area contributed by atoms with E-state index in [1.807, 2.05) is 6.92 Å². The van der Waals surface area contributed by atoms with Crippen molar-refractivity contribution >= 4 is 35.9 Å². The smallest absolute Gasteiger partial charge is 0.288 e.